The minimum absolute atomic E-state index is 0.0114. The molecule has 1 aliphatic heterocycles. The molecule has 1 aliphatic carbocycles. The fourth-order valence-electron chi connectivity index (χ4n) is 4.10. The van der Waals surface area contributed by atoms with Gasteiger partial charge in [0.1, 0.15) is 5.76 Å². The monoisotopic (exact) mass is 391 g/mol. The van der Waals surface area contributed by atoms with E-state index in [2.05, 4.69) is 15.9 Å². The zero-order valence-electron chi connectivity index (χ0n) is 14.3. The molecule has 1 fully saturated rings. The normalized spacial score (nSPS) is 20.2. The average molecular weight is 392 g/mol. The molecule has 1 saturated heterocycles. The van der Waals surface area contributed by atoms with Crippen molar-refractivity contribution in [1.82, 2.24) is 4.90 Å². The number of aliphatic hydroxyl groups excluding tert-OH is 1. The lowest BCUT2D eigenvalue weighted by Crippen LogP contribution is -2.42. The van der Waals surface area contributed by atoms with E-state index >= 15 is 0 Å². The molecule has 4 nitrogen and oxygen atoms in total. The maximum absolute atomic E-state index is 12.8. The molecular weight excluding hydrogens is 370 g/mol. The summed E-state index contributed by atoms with van der Waals surface area (Å²) < 4.78 is 0.969. The van der Waals surface area contributed by atoms with Crippen LogP contribution in [0.2, 0.25) is 0 Å². The van der Waals surface area contributed by atoms with Crippen molar-refractivity contribution in [1.29, 1.82) is 0 Å². The predicted molar refractivity (Wildman–Crippen MR) is 96.7 cm³/mol. The highest BCUT2D eigenvalue weighted by Crippen LogP contribution is 2.50. The molecule has 1 N–H and O–H groups in total. The smallest absolute Gasteiger partial charge is 0.219 e. The van der Waals surface area contributed by atoms with Crippen molar-refractivity contribution in [2.45, 2.75) is 40.0 Å². The molecular formula is C19H22BrNO3. The van der Waals surface area contributed by atoms with Crippen LogP contribution in [0, 0.1) is 19.3 Å². The van der Waals surface area contributed by atoms with Gasteiger partial charge in [-0.25, -0.2) is 0 Å². The summed E-state index contributed by atoms with van der Waals surface area (Å²) in [6, 6.07) is 3.94. The highest BCUT2D eigenvalue weighted by molar-refractivity contribution is 9.10. The predicted octanol–water partition coefficient (Wildman–Crippen LogP) is 3.94. The van der Waals surface area contributed by atoms with Crippen molar-refractivity contribution < 1.29 is 14.7 Å². The van der Waals surface area contributed by atoms with Crippen molar-refractivity contribution in [3.8, 4) is 0 Å². The zero-order valence-corrected chi connectivity index (χ0v) is 15.9. The zero-order chi connectivity index (χ0) is 17.6. The third kappa shape index (κ3) is 2.69. The highest BCUT2D eigenvalue weighted by Gasteiger charge is 2.48. The molecule has 1 amide bonds. The number of rotatable bonds is 1. The standard InChI is InChI=1S/C19H22BrNO3/c1-11-8-14(20)9-12(2)16(11)17-15(23)10-19(18(17)24)4-6-21(7-5-19)13(3)22/h8-9,24H,4-7,10H2,1-3H3. The van der Waals surface area contributed by atoms with Crippen LogP contribution < -0.4 is 0 Å². The molecule has 1 spiro atoms. The first kappa shape index (κ1) is 17.2. The molecule has 24 heavy (non-hydrogen) atoms. The Balaban J connectivity index is 2.02. The molecule has 0 aromatic heterocycles. The van der Waals surface area contributed by atoms with Crippen molar-refractivity contribution in [3.05, 3.63) is 39.1 Å². The molecule has 5 heteroatoms. The molecule has 0 bridgehead atoms. The first-order chi connectivity index (χ1) is 11.2. The third-order valence-electron chi connectivity index (χ3n) is 5.43. The van der Waals surface area contributed by atoms with Gasteiger partial charge in [-0.05, 0) is 55.5 Å². The van der Waals surface area contributed by atoms with Gasteiger partial charge in [0.25, 0.3) is 0 Å². The quantitative estimate of drug-likeness (QED) is 0.788. The lowest BCUT2D eigenvalue weighted by molar-refractivity contribution is -0.131. The van der Waals surface area contributed by atoms with Gasteiger partial charge in [0, 0.05) is 36.3 Å². The Morgan fingerprint density at radius 2 is 1.75 bits per heavy atom. The lowest BCUT2D eigenvalue weighted by atomic mass is 9.76. The first-order valence-electron chi connectivity index (χ1n) is 8.25. The van der Waals surface area contributed by atoms with Gasteiger partial charge in [0.2, 0.25) is 5.91 Å². The molecule has 128 valence electrons. The molecule has 0 atom stereocenters. The summed E-state index contributed by atoms with van der Waals surface area (Å²) in [6.45, 7) is 6.68. The van der Waals surface area contributed by atoms with E-state index in [0.29, 0.717) is 37.9 Å². The van der Waals surface area contributed by atoms with Gasteiger partial charge in [-0.1, -0.05) is 15.9 Å². The number of allylic oxidation sites excluding steroid dienone is 2. The van der Waals surface area contributed by atoms with Crippen molar-refractivity contribution in [2.75, 3.05) is 13.1 Å². The van der Waals surface area contributed by atoms with Gasteiger partial charge in [-0.3, -0.25) is 9.59 Å². The summed E-state index contributed by atoms with van der Waals surface area (Å²) in [5.41, 5.74) is 2.80. The average Bonchev–Trinajstić information content (AvgIpc) is 2.71. The Bertz CT molecular complexity index is 735. The third-order valence-corrected chi connectivity index (χ3v) is 5.89. The number of hydrogen-bond acceptors (Lipinski definition) is 3. The number of aliphatic hydroxyl groups is 1. The van der Waals surface area contributed by atoms with E-state index in [-0.39, 0.29) is 17.4 Å². The van der Waals surface area contributed by atoms with Crippen LogP contribution in [0.25, 0.3) is 5.57 Å². The van der Waals surface area contributed by atoms with Crippen LogP contribution in [0.5, 0.6) is 0 Å². The molecule has 3 rings (SSSR count). The van der Waals surface area contributed by atoms with Gasteiger partial charge in [-0.2, -0.15) is 0 Å². The number of amides is 1. The number of carbonyl (C=O) groups is 2. The second kappa shape index (κ2) is 6.03. The van der Waals surface area contributed by atoms with E-state index in [9.17, 15) is 14.7 Å². The highest BCUT2D eigenvalue weighted by atomic mass is 79.9. The number of aryl methyl sites for hydroxylation is 2. The lowest BCUT2D eigenvalue weighted by Gasteiger charge is -2.38. The van der Waals surface area contributed by atoms with Gasteiger partial charge >= 0.3 is 0 Å². The van der Waals surface area contributed by atoms with Crippen LogP contribution in [0.3, 0.4) is 0 Å². The Kier molecular flexibility index (Phi) is 4.32. The first-order valence-corrected chi connectivity index (χ1v) is 9.04. The van der Waals surface area contributed by atoms with Crippen LogP contribution in [-0.2, 0) is 9.59 Å². The fourth-order valence-corrected chi connectivity index (χ4v) is 4.79. The van der Waals surface area contributed by atoms with Crippen LogP contribution in [-0.4, -0.2) is 34.8 Å². The topological polar surface area (TPSA) is 57.6 Å². The van der Waals surface area contributed by atoms with Gasteiger partial charge in [0.05, 0.1) is 5.57 Å². The maximum Gasteiger partial charge on any atom is 0.219 e. The van der Waals surface area contributed by atoms with Crippen molar-refractivity contribution >= 4 is 33.2 Å². The minimum atomic E-state index is -0.496. The summed E-state index contributed by atoms with van der Waals surface area (Å²) in [6.07, 6.45) is 1.62. The summed E-state index contributed by atoms with van der Waals surface area (Å²) in [5, 5.41) is 11.0. The second-order valence-electron chi connectivity index (χ2n) is 7.02. The van der Waals surface area contributed by atoms with Crippen molar-refractivity contribution in [2.24, 2.45) is 5.41 Å². The molecule has 1 aromatic carbocycles. The maximum atomic E-state index is 12.8. The SMILES string of the molecule is CC(=O)N1CCC2(CC1)CC(=O)C(c1c(C)cc(Br)cc1C)=C2O. The Labute approximate surface area is 150 Å². The van der Waals surface area contributed by atoms with E-state index in [1.54, 1.807) is 11.8 Å². The Hall–Kier alpha value is -1.62. The van der Waals surface area contributed by atoms with Crippen LogP contribution in [0.4, 0.5) is 0 Å². The number of likely N-dealkylation sites (tertiary alicyclic amines) is 1. The Morgan fingerprint density at radius 3 is 2.25 bits per heavy atom. The number of nitrogens with zero attached hydrogens (tertiary/aromatic N) is 1. The molecule has 0 radical (unpaired) electrons. The summed E-state index contributed by atoms with van der Waals surface area (Å²) >= 11 is 3.48. The number of benzene rings is 1. The molecule has 1 heterocycles. The van der Waals surface area contributed by atoms with E-state index in [1.807, 2.05) is 26.0 Å². The van der Waals surface area contributed by atoms with Crippen LogP contribution in [0.15, 0.2) is 22.4 Å². The van der Waals surface area contributed by atoms with Gasteiger partial charge in [0.15, 0.2) is 5.78 Å². The molecule has 0 saturated carbocycles. The number of piperidine rings is 1. The number of halogens is 1. The summed E-state index contributed by atoms with van der Waals surface area (Å²) in [5.74, 6) is 0.291. The van der Waals surface area contributed by atoms with E-state index in [4.69, 9.17) is 0 Å². The summed E-state index contributed by atoms with van der Waals surface area (Å²) in [4.78, 5) is 26.1. The number of ketones is 1. The van der Waals surface area contributed by atoms with Crippen molar-refractivity contribution in [3.63, 3.8) is 0 Å². The number of hydrogen-bond donors (Lipinski definition) is 1. The Morgan fingerprint density at radius 1 is 1.21 bits per heavy atom. The van der Waals surface area contributed by atoms with Gasteiger partial charge < -0.3 is 10.0 Å². The largest absolute Gasteiger partial charge is 0.511 e. The second-order valence-corrected chi connectivity index (χ2v) is 7.94. The molecule has 2 aliphatic rings. The van der Waals surface area contributed by atoms with E-state index < -0.39 is 5.41 Å². The van der Waals surface area contributed by atoms with Crippen LogP contribution >= 0.6 is 15.9 Å². The van der Waals surface area contributed by atoms with E-state index in [0.717, 1.165) is 21.2 Å². The number of carbonyl (C=O) groups excluding carboxylic acids is 2. The number of Topliss-reactive ketones (excluding diaryl/α,β-unsaturated/α-hetero) is 1. The van der Waals surface area contributed by atoms with Gasteiger partial charge in [-0.15, -0.1) is 0 Å². The minimum Gasteiger partial charge on any atom is -0.511 e. The van der Waals surface area contributed by atoms with Crippen LogP contribution in [0.1, 0.15) is 42.9 Å². The summed E-state index contributed by atoms with van der Waals surface area (Å²) in [7, 11) is 0. The van der Waals surface area contributed by atoms with E-state index in [1.165, 1.54) is 0 Å². The fraction of sp³-hybridized carbons (Fsp3) is 0.474. The molecule has 0 unspecified atom stereocenters. The molecule has 1 aromatic rings.